The first kappa shape index (κ1) is 71.3. The van der Waals surface area contributed by atoms with E-state index in [-0.39, 0.29) is 25.2 Å². The fraction of sp³-hybridized carbons (Fsp3) is 0.797. The molecule has 0 saturated carbocycles. The number of allylic oxidation sites excluding steroid dienone is 12. The van der Waals surface area contributed by atoms with Gasteiger partial charge in [0, 0.05) is 12.8 Å². The van der Waals surface area contributed by atoms with Crippen molar-refractivity contribution in [3.63, 3.8) is 0 Å². The van der Waals surface area contributed by atoms with Gasteiger partial charge in [-0.1, -0.05) is 305 Å². The molecule has 74 heavy (non-hydrogen) atoms. The molecule has 0 aliphatic heterocycles. The van der Waals surface area contributed by atoms with Gasteiger partial charge >= 0.3 is 11.9 Å². The van der Waals surface area contributed by atoms with Gasteiger partial charge < -0.3 is 14.6 Å². The fourth-order valence-electron chi connectivity index (χ4n) is 9.57. The minimum Gasteiger partial charge on any atom is -0.462 e. The number of aliphatic hydroxyl groups is 1. The van der Waals surface area contributed by atoms with Crippen LogP contribution < -0.4 is 0 Å². The van der Waals surface area contributed by atoms with E-state index in [0.717, 1.165) is 64.2 Å². The Hall–Kier alpha value is -2.66. The van der Waals surface area contributed by atoms with Crippen molar-refractivity contribution >= 4 is 11.9 Å². The molecule has 0 aromatic carbocycles. The van der Waals surface area contributed by atoms with Crippen LogP contribution in [0.5, 0.6) is 0 Å². The second kappa shape index (κ2) is 64.6. The SMILES string of the molecule is CCCCCCC/C=C\C/C=C\C/C=C\CCCCCCCCCCCCCCCCCCCCC(=O)OC(CO)COC(=O)CCCCCCCCCCCCCC/C=C\C/C=C\C/C=C\CCCCCCC. The summed E-state index contributed by atoms with van der Waals surface area (Å²) < 4.78 is 10.7. The molecule has 0 aliphatic carbocycles. The molecule has 430 valence electrons. The highest BCUT2D eigenvalue weighted by molar-refractivity contribution is 5.70. The van der Waals surface area contributed by atoms with Gasteiger partial charge in [-0.15, -0.1) is 0 Å². The van der Waals surface area contributed by atoms with E-state index >= 15 is 0 Å². The van der Waals surface area contributed by atoms with E-state index in [1.165, 1.54) is 244 Å². The third kappa shape index (κ3) is 61.9. The standard InChI is InChI=1S/C69H124O5/c1-3-5-7-9-11-13-15-17-19-21-23-25-27-29-31-32-33-34-35-36-38-40-42-44-46-48-50-52-54-56-58-60-62-64-69(72)74-67(65-70)66-73-68(71)63-61-59-57-55-53-51-49-47-45-43-41-39-37-30-28-26-24-22-20-18-16-14-12-10-8-6-4-2/h15-18,21-24,27-30,67,70H,3-14,19-20,25-26,31-66H2,1-2H3/b17-15-,18-16-,23-21-,24-22-,29-27-,30-28-. The van der Waals surface area contributed by atoms with Gasteiger partial charge in [-0.25, -0.2) is 0 Å². The molecule has 0 bridgehead atoms. The van der Waals surface area contributed by atoms with Crippen LogP contribution in [-0.4, -0.2) is 36.4 Å². The number of esters is 2. The van der Waals surface area contributed by atoms with Crippen molar-refractivity contribution in [1.82, 2.24) is 0 Å². The molecule has 0 radical (unpaired) electrons. The van der Waals surface area contributed by atoms with Crippen LogP contribution in [-0.2, 0) is 19.1 Å². The van der Waals surface area contributed by atoms with Crippen molar-refractivity contribution in [1.29, 1.82) is 0 Å². The van der Waals surface area contributed by atoms with E-state index in [4.69, 9.17) is 9.47 Å². The molecule has 0 saturated heterocycles. The lowest BCUT2D eigenvalue weighted by Gasteiger charge is -2.15. The number of hydrogen-bond donors (Lipinski definition) is 1. The van der Waals surface area contributed by atoms with Crippen molar-refractivity contribution in [3.8, 4) is 0 Å². The molecule has 5 heteroatoms. The highest BCUT2D eigenvalue weighted by Crippen LogP contribution is 2.17. The first-order valence-corrected chi connectivity index (χ1v) is 32.5. The number of rotatable bonds is 60. The summed E-state index contributed by atoms with van der Waals surface area (Å²) in [4.78, 5) is 24.6. The van der Waals surface area contributed by atoms with E-state index in [2.05, 4.69) is 86.8 Å². The lowest BCUT2D eigenvalue weighted by atomic mass is 10.0. The minimum absolute atomic E-state index is 0.0659. The summed E-state index contributed by atoms with van der Waals surface area (Å²) in [5.74, 6) is -0.580. The zero-order valence-corrected chi connectivity index (χ0v) is 49.4. The van der Waals surface area contributed by atoms with Gasteiger partial charge in [-0.2, -0.15) is 0 Å². The normalized spacial score (nSPS) is 12.6. The maximum absolute atomic E-state index is 12.3. The highest BCUT2D eigenvalue weighted by atomic mass is 16.6. The zero-order chi connectivity index (χ0) is 53.4. The molecular formula is C69H124O5. The molecule has 0 aromatic rings. The molecule has 0 fully saturated rings. The van der Waals surface area contributed by atoms with Crippen LogP contribution in [0.1, 0.15) is 335 Å². The summed E-state index contributed by atoms with van der Waals surface area (Å²) >= 11 is 0. The maximum Gasteiger partial charge on any atom is 0.306 e. The summed E-state index contributed by atoms with van der Waals surface area (Å²) in [6, 6.07) is 0. The predicted molar refractivity (Wildman–Crippen MR) is 325 cm³/mol. The van der Waals surface area contributed by atoms with Gasteiger partial charge in [0.1, 0.15) is 6.61 Å². The third-order valence-electron chi connectivity index (χ3n) is 14.5. The molecule has 1 N–H and O–H groups in total. The molecule has 5 nitrogen and oxygen atoms in total. The van der Waals surface area contributed by atoms with Crippen LogP contribution in [0.2, 0.25) is 0 Å². The van der Waals surface area contributed by atoms with E-state index < -0.39 is 6.10 Å². The van der Waals surface area contributed by atoms with Crippen LogP contribution in [0.4, 0.5) is 0 Å². The monoisotopic (exact) mass is 1030 g/mol. The summed E-state index contributed by atoms with van der Waals surface area (Å²) in [5.41, 5.74) is 0. The van der Waals surface area contributed by atoms with Crippen molar-refractivity contribution in [2.75, 3.05) is 13.2 Å². The summed E-state index contributed by atoms with van der Waals surface area (Å²) in [6.07, 6.45) is 89.1. The molecule has 0 amide bonds. The van der Waals surface area contributed by atoms with Gasteiger partial charge in [0.05, 0.1) is 6.61 Å². The Bertz CT molecular complexity index is 1310. The average Bonchev–Trinajstić information content (AvgIpc) is 3.40. The Labute approximate surface area is 461 Å². The number of aliphatic hydroxyl groups excluding tert-OH is 1. The summed E-state index contributed by atoms with van der Waals surface area (Å²) in [5, 5.41) is 9.69. The Morgan fingerprint density at radius 1 is 0.311 bits per heavy atom. The van der Waals surface area contributed by atoms with E-state index in [9.17, 15) is 14.7 Å². The number of ether oxygens (including phenoxy) is 2. The van der Waals surface area contributed by atoms with Crippen LogP contribution in [0.25, 0.3) is 0 Å². The van der Waals surface area contributed by atoms with Gasteiger partial charge in [0.2, 0.25) is 0 Å². The summed E-state index contributed by atoms with van der Waals surface area (Å²) in [6.45, 7) is 4.15. The second-order valence-corrected chi connectivity index (χ2v) is 21.8. The molecule has 1 unspecified atom stereocenters. The van der Waals surface area contributed by atoms with Crippen molar-refractivity contribution in [3.05, 3.63) is 72.9 Å². The van der Waals surface area contributed by atoms with E-state index in [1.807, 2.05) is 0 Å². The van der Waals surface area contributed by atoms with Gasteiger partial charge in [0.25, 0.3) is 0 Å². The Morgan fingerprint density at radius 3 is 0.811 bits per heavy atom. The van der Waals surface area contributed by atoms with E-state index in [0.29, 0.717) is 12.8 Å². The lowest BCUT2D eigenvalue weighted by molar-refractivity contribution is -0.161. The Balaban J connectivity index is 3.45. The predicted octanol–water partition coefficient (Wildman–Crippen LogP) is 22.3. The molecule has 0 spiro atoms. The largest absolute Gasteiger partial charge is 0.462 e. The first-order chi connectivity index (χ1) is 36.6. The molecular weight excluding hydrogens is 909 g/mol. The average molecular weight is 1030 g/mol. The summed E-state index contributed by atoms with van der Waals surface area (Å²) in [7, 11) is 0. The second-order valence-electron chi connectivity index (χ2n) is 21.8. The molecule has 0 rings (SSSR count). The quantitative estimate of drug-likeness (QED) is 0.0373. The highest BCUT2D eigenvalue weighted by Gasteiger charge is 2.16. The van der Waals surface area contributed by atoms with Gasteiger partial charge in [-0.05, 0) is 89.9 Å². The first-order valence-electron chi connectivity index (χ1n) is 32.5. The van der Waals surface area contributed by atoms with Crippen molar-refractivity contribution in [2.24, 2.45) is 0 Å². The molecule has 0 heterocycles. The third-order valence-corrected chi connectivity index (χ3v) is 14.5. The van der Waals surface area contributed by atoms with Crippen molar-refractivity contribution in [2.45, 2.75) is 341 Å². The molecule has 0 aromatic heterocycles. The smallest absolute Gasteiger partial charge is 0.306 e. The number of carbonyl (C=O) groups is 2. The van der Waals surface area contributed by atoms with Crippen LogP contribution >= 0.6 is 0 Å². The Kier molecular flexibility index (Phi) is 62.3. The number of hydrogen-bond acceptors (Lipinski definition) is 5. The lowest BCUT2D eigenvalue weighted by Crippen LogP contribution is -2.28. The van der Waals surface area contributed by atoms with Gasteiger partial charge in [-0.3, -0.25) is 9.59 Å². The molecule has 1 atom stereocenters. The Morgan fingerprint density at radius 2 is 0.541 bits per heavy atom. The molecule has 0 aliphatic rings. The van der Waals surface area contributed by atoms with Crippen LogP contribution in [0.3, 0.4) is 0 Å². The zero-order valence-electron chi connectivity index (χ0n) is 49.4. The van der Waals surface area contributed by atoms with Crippen LogP contribution in [0, 0.1) is 0 Å². The van der Waals surface area contributed by atoms with Gasteiger partial charge in [0.15, 0.2) is 6.10 Å². The van der Waals surface area contributed by atoms with Crippen LogP contribution in [0.15, 0.2) is 72.9 Å². The number of carbonyl (C=O) groups excluding carboxylic acids is 2. The van der Waals surface area contributed by atoms with E-state index in [1.54, 1.807) is 0 Å². The maximum atomic E-state index is 12.3. The number of unbranched alkanes of at least 4 members (excludes halogenated alkanes) is 40. The van der Waals surface area contributed by atoms with Crippen molar-refractivity contribution < 1.29 is 24.2 Å². The topological polar surface area (TPSA) is 72.8 Å². The minimum atomic E-state index is -0.776. The fourth-order valence-corrected chi connectivity index (χ4v) is 9.57.